The van der Waals surface area contributed by atoms with Crippen molar-refractivity contribution >= 4 is 75.4 Å². The first-order chi connectivity index (χ1) is 31.2. The lowest BCUT2D eigenvalue weighted by atomic mass is 9.94. The Bertz CT molecular complexity index is 3800. The summed E-state index contributed by atoms with van der Waals surface area (Å²) in [6.45, 7) is 0. The molecule has 0 aliphatic heterocycles. The summed E-state index contributed by atoms with van der Waals surface area (Å²) in [6, 6.07) is 69.6. The van der Waals surface area contributed by atoms with E-state index in [0.29, 0.717) is 17.5 Å². The van der Waals surface area contributed by atoms with Crippen LogP contribution in [0.5, 0.6) is 0 Å². The van der Waals surface area contributed by atoms with E-state index >= 15 is 0 Å². The van der Waals surface area contributed by atoms with Crippen molar-refractivity contribution in [2.45, 2.75) is 0 Å². The van der Waals surface area contributed by atoms with Gasteiger partial charge in [-0.05, 0) is 64.7 Å². The van der Waals surface area contributed by atoms with Gasteiger partial charge in [-0.15, -0.1) is 11.3 Å². The Hall–Kier alpha value is -8.19. The molecule has 5 nitrogen and oxygen atoms in total. The van der Waals surface area contributed by atoms with Crippen LogP contribution in [0.4, 0.5) is 0 Å². The molecule has 0 aliphatic carbocycles. The van der Waals surface area contributed by atoms with E-state index in [2.05, 4.69) is 170 Å². The highest BCUT2D eigenvalue weighted by molar-refractivity contribution is 7.26. The van der Waals surface area contributed by atoms with Crippen LogP contribution in [0.15, 0.2) is 209 Å². The molecule has 0 aliphatic rings. The molecule has 0 amide bonds. The van der Waals surface area contributed by atoms with Gasteiger partial charge in [-0.25, -0.2) is 15.0 Å². The lowest BCUT2D eigenvalue weighted by Gasteiger charge is -2.14. The maximum Gasteiger partial charge on any atom is 0.165 e. The molecule has 63 heavy (non-hydrogen) atoms. The number of hydrogen-bond acceptors (Lipinski definition) is 6. The molecule has 4 heterocycles. The topological polar surface area (TPSA) is 65.0 Å². The number of para-hydroxylation sites is 4. The van der Waals surface area contributed by atoms with Gasteiger partial charge in [-0.2, -0.15) is 0 Å². The standard InChI is InChI=1S/C57H33N3O2S/c1-2-15-34(16-3-1)38-17-4-5-21-47(38)56-58-55(59-57(60-56)48-27-14-26-46-43-20-8-11-30-51(43)63-54(46)48)37-32-35(39-22-12-24-44-41-18-6-9-28-49(41)61-52(39)44)31-36(33-37)40-23-13-25-45-42-19-7-10-29-50(42)62-53(40)45/h1-33H. The van der Waals surface area contributed by atoms with Crippen LogP contribution < -0.4 is 0 Å². The van der Waals surface area contributed by atoms with Crippen LogP contribution in [-0.4, -0.2) is 15.0 Å². The molecule has 0 saturated heterocycles. The van der Waals surface area contributed by atoms with E-state index in [-0.39, 0.29) is 0 Å². The van der Waals surface area contributed by atoms with Gasteiger partial charge in [0.15, 0.2) is 17.5 Å². The highest BCUT2D eigenvalue weighted by Gasteiger charge is 2.22. The average molecular weight is 824 g/mol. The smallest absolute Gasteiger partial charge is 0.165 e. The van der Waals surface area contributed by atoms with Crippen molar-refractivity contribution in [3.05, 3.63) is 200 Å². The lowest BCUT2D eigenvalue weighted by Crippen LogP contribution is -2.01. The van der Waals surface area contributed by atoms with Gasteiger partial charge in [-0.1, -0.05) is 158 Å². The molecule has 13 rings (SSSR count). The minimum absolute atomic E-state index is 0.563. The van der Waals surface area contributed by atoms with E-state index < -0.39 is 0 Å². The summed E-state index contributed by atoms with van der Waals surface area (Å²) < 4.78 is 15.7. The number of hydrogen-bond donors (Lipinski definition) is 0. The molecular weight excluding hydrogens is 791 g/mol. The zero-order valence-electron chi connectivity index (χ0n) is 33.6. The molecule has 6 heteroatoms. The first-order valence-electron chi connectivity index (χ1n) is 21.0. The Morgan fingerprint density at radius 3 is 1.43 bits per heavy atom. The van der Waals surface area contributed by atoms with E-state index in [0.717, 1.165) is 98.6 Å². The molecule has 0 fully saturated rings. The van der Waals surface area contributed by atoms with Crippen LogP contribution >= 0.6 is 11.3 Å². The van der Waals surface area contributed by atoms with E-state index in [4.69, 9.17) is 23.8 Å². The highest BCUT2D eigenvalue weighted by atomic mass is 32.1. The number of aromatic nitrogens is 3. The van der Waals surface area contributed by atoms with Crippen molar-refractivity contribution < 1.29 is 8.83 Å². The number of benzene rings is 9. The van der Waals surface area contributed by atoms with Crippen LogP contribution in [-0.2, 0) is 0 Å². The third kappa shape index (κ3) is 5.80. The van der Waals surface area contributed by atoms with Gasteiger partial charge in [0.25, 0.3) is 0 Å². The van der Waals surface area contributed by atoms with Gasteiger partial charge < -0.3 is 8.83 Å². The third-order valence-corrected chi connectivity index (χ3v) is 13.4. The van der Waals surface area contributed by atoms with E-state index in [9.17, 15) is 0 Å². The van der Waals surface area contributed by atoms with Crippen LogP contribution in [0.2, 0.25) is 0 Å². The summed E-state index contributed by atoms with van der Waals surface area (Å²) in [7, 11) is 0. The Morgan fingerprint density at radius 1 is 0.302 bits per heavy atom. The summed E-state index contributed by atoms with van der Waals surface area (Å²) in [6.07, 6.45) is 0. The molecule has 0 atom stereocenters. The predicted octanol–water partition coefficient (Wildman–Crippen LogP) is 16.0. The molecule has 0 spiro atoms. The van der Waals surface area contributed by atoms with E-state index in [1.807, 2.05) is 30.3 Å². The second-order valence-corrected chi connectivity index (χ2v) is 16.9. The largest absolute Gasteiger partial charge is 0.455 e. The van der Waals surface area contributed by atoms with Gasteiger partial charge in [0.2, 0.25) is 0 Å². The molecule has 9 aromatic carbocycles. The Kier molecular flexibility index (Phi) is 8.01. The fourth-order valence-corrected chi connectivity index (χ4v) is 10.4. The molecule has 0 radical (unpaired) electrons. The zero-order chi connectivity index (χ0) is 41.4. The van der Waals surface area contributed by atoms with Gasteiger partial charge in [-0.3, -0.25) is 0 Å². The van der Waals surface area contributed by atoms with Crippen LogP contribution in [0, 0.1) is 0 Å². The SMILES string of the molecule is c1ccc(-c2ccccc2-c2nc(-c3cc(-c4cccc5c4oc4ccccc45)cc(-c4cccc5c4oc4ccccc45)c3)nc(-c3cccc4c3sc3ccccc34)n2)cc1. The summed E-state index contributed by atoms with van der Waals surface area (Å²) in [5, 5.41) is 6.69. The van der Waals surface area contributed by atoms with Crippen LogP contribution in [0.25, 0.3) is 132 Å². The van der Waals surface area contributed by atoms with E-state index in [1.54, 1.807) is 11.3 Å². The molecule has 294 valence electrons. The normalized spacial score (nSPS) is 11.8. The quantitative estimate of drug-likeness (QED) is 0.167. The maximum absolute atomic E-state index is 6.66. The molecule has 0 bridgehead atoms. The summed E-state index contributed by atoms with van der Waals surface area (Å²) in [5.41, 5.74) is 12.1. The minimum atomic E-state index is 0.563. The van der Waals surface area contributed by atoms with Crippen molar-refractivity contribution in [3.63, 3.8) is 0 Å². The minimum Gasteiger partial charge on any atom is -0.455 e. The summed E-state index contributed by atoms with van der Waals surface area (Å²) in [4.78, 5) is 16.2. The number of thiophene rings is 1. The highest BCUT2D eigenvalue weighted by Crippen LogP contribution is 2.44. The average Bonchev–Trinajstić information content (AvgIpc) is 4.06. The van der Waals surface area contributed by atoms with Crippen LogP contribution in [0.3, 0.4) is 0 Å². The van der Waals surface area contributed by atoms with Crippen molar-refractivity contribution in [1.29, 1.82) is 0 Å². The second-order valence-electron chi connectivity index (χ2n) is 15.9. The number of rotatable bonds is 6. The first kappa shape index (κ1) is 35.6. The number of furan rings is 2. The molecule has 0 N–H and O–H groups in total. The van der Waals surface area contributed by atoms with Gasteiger partial charge in [0, 0.05) is 69.5 Å². The van der Waals surface area contributed by atoms with Crippen molar-refractivity contribution in [2.24, 2.45) is 0 Å². The van der Waals surface area contributed by atoms with Gasteiger partial charge >= 0.3 is 0 Å². The Morgan fingerprint density at radius 2 is 0.762 bits per heavy atom. The molecule has 4 aromatic heterocycles. The second kappa shape index (κ2) is 14.2. The molecule has 13 aromatic rings. The Labute approximate surface area is 365 Å². The van der Waals surface area contributed by atoms with Gasteiger partial charge in [0.1, 0.15) is 22.3 Å². The van der Waals surface area contributed by atoms with Gasteiger partial charge in [0.05, 0.1) is 0 Å². The number of nitrogens with zero attached hydrogens (tertiary/aromatic N) is 3. The Balaban J connectivity index is 1.10. The molecule has 0 saturated carbocycles. The van der Waals surface area contributed by atoms with Crippen molar-refractivity contribution in [1.82, 2.24) is 15.0 Å². The maximum atomic E-state index is 6.66. The monoisotopic (exact) mass is 823 g/mol. The lowest BCUT2D eigenvalue weighted by molar-refractivity contribution is 0.670. The molecular formula is C57H33N3O2S. The fraction of sp³-hybridized carbons (Fsp3) is 0. The summed E-state index contributed by atoms with van der Waals surface area (Å²) >= 11 is 1.77. The van der Waals surface area contributed by atoms with Crippen molar-refractivity contribution in [3.8, 4) is 67.5 Å². The fourth-order valence-electron chi connectivity index (χ4n) is 9.23. The molecule has 0 unspecified atom stereocenters. The van der Waals surface area contributed by atoms with Crippen LogP contribution in [0.1, 0.15) is 0 Å². The number of fused-ring (bicyclic) bond motifs is 9. The predicted molar refractivity (Wildman–Crippen MR) is 260 cm³/mol. The summed E-state index contributed by atoms with van der Waals surface area (Å²) in [5.74, 6) is 1.77. The van der Waals surface area contributed by atoms with Crippen molar-refractivity contribution in [2.75, 3.05) is 0 Å². The first-order valence-corrected chi connectivity index (χ1v) is 21.8. The van der Waals surface area contributed by atoms with E-state index in [1.165, 1.54) is 15.5 Å². The zero-order valence-corrected chi connectivity index (χ0v) is 34.4. The third-order valence-electron chi connectivity index (χ3n) is 12.2.